The van der Waals surface area contributed by atoms with Crippen LogP contribution in [-0.2, 0) is 6.42 Å². The van der Waals surface area contributed by atoms with Crippen molar-refractivity contribution in [1.82, 2.24) is 0 Å². The highest BCUT2D eigenvalue weighted by molar-refractivity contribution is 5.66. The summed E-state index contributed by atoms with van der Waals surface area (Å²) in [5.41, 5.74) is -0.344. The van der Waals surface area contributed by atoms with Crippen LogP contribution in [0.1, 0.15) is 43.7 Å². The Morgan fingerprint density at radius 1 is 0.852 bits per heavy atom. The second-order valence-corrected chi connectivity index (χ2v) is 6.19. The van der Waals surface area contributed by atoms with Gasteiger partial charge in [0.2, 0.25) is 0 Å². The predicted octanol–water partition coefficient (Wildman–Crippen LogP) is 6.81. The lowest BCUT2D eigenvalue weighted by molar-refractivity contribution is -0.0696. The maximum absolute atomic E-state index is 14.4. The van der Waals surface area contributed by atoms with Crippen LogP contribution in [0.2, 0.25) is 0 Å². The maximum atomic E-state index is 14.4. The number of unbranched alkanes of at least 4 members (excludes halogenated alkanes) is 3. The van der Waals surface area contributed by atoms with Crippen LogP contribution in [0.25, 0.3) is 11.1 Å². The van der Waals surface area contributed by atoms with Crippen LogP contribution >= 0.6 is 0 Å². The number of alkyl halides is 3. The van der Waals surface area contributed by atoms with Gasteiger partial charge in [-0.15, -0.1) is 0 Å². The van der Waals surface area contributed by atoms with Gasteiger partial charge >= 0.3 is 6.18 Å². The van der Waals surface area contributed by atoms with Gasteiger partial charge in [0.15, 0.2) is 0 Å². The van der Waals surface area contributed by atoms with Crippen molar-refractivity contribution in [1.29, 1.82) is 0 Å². The van der Waals surface area contributed by atoms with E-state index in [1.807, 2.05) is 0 Å². The van der Waals surface area contributed by atoms with Crippen LogP contribution < -0.4 is 0 Å². The number of hydrogen-bond donors (Lipinski definition) is 0. The van der Waals surface area contributed by atoms with Gasteiger partial charge in [-0.25, -0.2) is 13.2 Å². The summed E-state index contributed by atoms with van der Waals surface area (Å²) in [7, 11) is 0. The minimum atomic E-state index is -4.86. The van der Waals surface area contributed by atoms with Gasteiger partial charge in [-0.05, 0) is 42.2 Å². The molecule has 2 rings (SSSR count). The van der Waals surface area contributed by atoms with Crippen molar-refractivity contribution in [3.05, 3.63) is 58.9 Å². The quantitative estimate of drug-likeness (QED) is 0.292. The van der Waals surface area contributed by atoms with Gasteiger partial charge < -0.3 is 0 Å². The fraction of sp³-hybridized carbons (Fsp3) is 0.333. The Morgan fingerprint density at radius 3 is 2.07 bits per heavy atom. The molecule has 0 radical (unpaired) electrons. The molecule has 6 heteroatoms. The first-order chi connectivity index (χ1) is 12.7. The molecule has 0 aliphatic carbocycles. The zero-order valence-electron chi connectivity index (χ0n) is 14.7. The number of benzene rings is 2. The molecule has 0 nitrogen and oxygen atoms in total. The van der Waals surface area contributed by atoms with Gasteiger partial charge in [0.05, 0.1) is 5.56 Å². The third kappa shape index (κ3) is 6.06. The molecule has 0 saturated carbocycles. The monoisotopic (exact) mass is 384 g/mol. The Bertz CT molecular complexity index is 832. The number of hydrogen-bond acceptors (Lipinski definition) is 0. The molecular weight excluding hydrogens is 366 g/mol. The minimum absolute atomic E-state index is 0.0274. The molecule has 0 unspecified atom stereocenters. The van der Waals surface area contributed by atoms with Crippen molar-refractivity contribution >= 4 is 0 Å². The Balaban J connectivity index is 2.26. The summed E-state index contributed by atoms with van der Waals surface area (Å²) in [5, 5.41) is 0. The highest BCUT2D eigenvalue weighted by Crippen LogP contribution is 2.28. The molecule has 0 aromatic heterocycles. The van der Waals surface area contributed by atoms with Gasteiger partial charge in [-0.2, -0.15) is 13.2 Å². The highest BCUT2D eigenvalue weighted by Gasteiger charge is 2.23. The number of rotatable bonds is 6. The number of aryl methyl sites for hydroxylation is 1. The Labute approximate surface area is 154 Å². The van der Waals surface area contributed by atoms with Gasteiger partial charge in [0, 0.05) is 11.5 Å². The molecule has 0 fully saturated rings. The fourth-order valence-electron chi connectivity index (χ4n) is 2.69. The lowest BCUT2D eigenvalue weighted by Crippen LogP contribution is -2.02. The molecule has 0 atom stereocenters. The second-order valence-electron chi connectivity index (χ2n) is 6.19. The van der Waals surface area contributed by atoms with E-state index < -0.39 is 29.2 Å². The van der Waals surface area contributed by atoms with Crippen molar-refractivity contribution < 1.29 is 26.3 Å². The zero-order valence-corrected chi connectivity index (χ0v) is 14.7. The minimum Gasteiger partial charge on any atom is -0.206 e. The average molecular weight is 384 g/mol. The van der Waals surface area contributed by atoms with E-state index >= 15 is 0 Å². The molecule has 0 spiro atoms. The lowest BCUT2D eigenvalue weighted by Gasteiger charge is -2.08. The standard InChI is InChI=1S/C21H18F6/c1-2-3-4-5-6-14-7-8-16(18(22)11-14)15-12-19(23)17(20(24)13-15)9-10-21(25,26)27/h7-8,11-13H,2-6H2,1H3. The van der Waals surface area contributed by atoms with Crippen LogP contribution in [0.15, 0.2) is 30.3 Å². The van der Waals surface area contributed by atoms with Gasteiger partial charge in [-0.3, -0.25) is 0 Å². The second kappa shape index (κ2) is 8.98. The predicted molar refractivity (Wildman–Crippen MR) is 92.5 cm³/mol. The third-order valence-electron chi connectivity index (χ3n) is 4.03. The van der Waals surface area contributed by atoms with Crippen LogP contribution in [0, 0.1) is 29.3 Å². The molecule has 0 aliphatic heterocycles. The summed E-state index contributed by atoms with van der Waals surface area (Å²) in [4.78, 5) is 0. The van der Waals surface area contributed by atoms with E-state index in [1.165, 1.54) is 18.1 Å². The topological polar surface area (TPSA) is 0 Å². The molecular formula is C21H18F6. The summed E-state index contributed by atoms with van der Waals surface area (Å²) >= 11 is 0. The van der Waals surface area contributed by atoms with Crippen LogP contribution in [0.3, 0.4) is 0 Å². The average Bonchev–Trinajstić information content (AvgIpc) is 2.57. The van der Waals surface area contributed by atoms with Crippen LogP contribution in [0.5, 0.6) is 0 Å². The van der Waals surface area contributed by atoms with Crippen molar-refractivity contribution in [3.63, 3.8) is 0 Å². The molecule has 0 heterocycles. The maximum Gasteiger partial charge on any atom is 0.458 e. The SMILES string of the molecule is CCCCCCc1ccc(-c2cc(F)c(C#CC(F)(F)F)c(F)c2)c(F)c1. The van der Waals surface area contributed by atoms with E-state index in [0.29, 0.717) is 6.42 Å². The lowest BCUT2D eigenvalue weighted by atomic mass is 9.99. The van der Waals surface area contributed by atoms with Crippen molar-refractivity contribution in [3.8, 4) is 23.0 Å². The van der Waals surface area contributed by atoms with E-state index in [0.717, 1.165) is 49.3 Å². The third-order valence-corrected chi connectivity index (χ3v) is 4.03. The first kappa shape index (κ1) is 20.9. The Morgan fingerprint density at radius 2 is 1.52 bits per heavy atom. The smallest absolute Gasteiger partial charge is 0.206 e. The van der Waals surface area contributed by atoms with Crippen molar-refractivity contribution in [2.75, 3.05) is 0 Å². The molecule has 0 bridgehead atoms. The van der Waals surface area contributed by atoms with Gasteiger partial charge in [-0.1, -0.05) is 44.2 Å². The molecule has 0 saturated heterocycles. The molecule has 144 valence electrons. The molecule has 0 aliphatic rings. The zero-order chi connectivity index (χ0) is 20.0. The summed E-state index contributed by atoms with van der Waals surface area (Å²) < 4.78 is 78.6. The van der Waals surface area contributed by atoms with E-state index in [-0.39, 0.29) is 11.1 Å². The highest BCUT2D eigenvalue weighted by atomic mass is 19.4. The van der Waals surface area contributed by atoms with Crippen molar-refractivity contribution in [2.24, 2.45) is 0 Å². The first-order valence-corrected chi connectivity index (χ1v) is 8.59. The summed E-state index contributed by atoms with van der Waals surface area (Å²) in [6.07, 6.45) is -0.0157. The molecule has 2 aromatic carbocycles. The van der Waals surface area contributed by atoms with E-state index in [4.69, 9.17) is 0 Å². The number of halogens is 6. The van der Waals surface area contributed by atoms with Crippen LogP contribution in [-0.4, -0.2) is 6.18 Å². The summed E-state index contributed by atoms with van der Waals surface area (Å²) in [6.45, 7) is 2.09. The normalized spacial score (nSPS) is 11.2. The fourth-order valence-corrected chi connectivity index (χ4v) is 2.69. The van der Waals surface area contributed by atoms with E-state index in [9.17, 15) is 26.3 Å². The molecule has 0 N–H and O–H groups in total. The summed E-state index contributed by atoms with van der Waals surface area (Å²) in [5.74, 6) is -0.929. The first-order valence-electron chi connectivity index (χ1n) is 8.59. The van der Waals surface area contributed by atoms with Gasteiger partial charge in [0.1, 0.15) is 17.5 Å². The molecule has 2 aromatic rings. The van der Waals surface area contributed by atoms with E-state index in [1.54, 1.807) is 6.07 Å². The van der Waals surface area contributed by atoms with Crippen LogP contribution in [0.4, 0.5) is 26.3 Å². The van der Waals surface area contributed by atoms with Gasteiger partial charge in [0.25, 0.3) is 0 Å². The molecule has 27 heavy (non-hydrogen) atoms. The Hall–Kier alpha value is -2.42. The molecule has 0 amide bonds. The van der Waals surface area contributed by atoms with Crippen molar-refractivity contribution in [2.45, 2.75) is 45.2 Å². The summed E-state index contributed by atoms with van der Waals surface area (Å²) in [6, 6.07) is 5.97. The van der Waals surface area contributed by atoms with E-state index in [2.05, 4.69) is 6.92 Å². The largest absolute Gasteiger partial charge is 0.458 e. The Kier molecular flexibility index (Phi) is 6.95.